The standard InChI is InChI=1S/C23H25NO3/c1-15-6-8-17(9-7-15)13-20-22(26)21-16(2)12-19(25)18(23(21)27-20)14-24-10-4-3-5-11-24/h6-9,12-13,25H,3-5,10-11,14H2,1-2H3/b20-13-. The van der Waals surface area contributed by atoms with Gasteiger partial charge in [-0.05, 0) is 63.0 Å². The minimum Gasteiger partial charge on any atom is -0.507 e. The van der Waals surface area contributed by atoms with Crippen LogP contribution in [0.2, 0.25) is 0 Å². The number of Topliss-reactive ketones (excluding diaryl/α,β-unsaturated/α-hetero) is 1. The summed E-state index contributed by atoms with van der Waals surface area (Å²) in [7, 11) is 0. The highest BCUT2D eigenvalue weighted by Crippen LogP contribution is 2.42. The van der Waals surface area contributed by atoms with Crippen LogP contribution in [-0.4, -0.2) is 28.9 Å². The van der Waals surface area contributed by atoms with Gasteiger partial charge in [-0.25, -0.2) is 0 Å². The number of ketones is 1. The van der Waals surface area contributed by atoms with Crippen molar-refractivity contribution in [3.05, 3.63) is 63.9 Å². The van der Waals surface area contributed by atoms with Crippen molar-refractivity contribution in [3.63, 3.8) is 0 Å². The normalized spacial score (nSPS) is 18.6. The second kappa shape index (κ2) is 7.20. The highest BCUT2D eigenvalue weighted by molar-refractivity contribution is 6.15. The van der Waals surface area contributed by atoms with Gasteiger partial charge in [0.05, 0.1) is 11.1 Å². The van der Waals surface area contributed by atoms with Crippen LogP contribution < -0.4 is 4.74 Å². The molecule has 2 aromatic carbocycles. The van der Waals surface area contributed by atoms with Gasteiger partial charge < -0.3 is 9.84 Å². The monoisotopic (exact) mass is 363 g/mol. The molecule has 4 heteroatoms. The van der Waals surface area contributed by atoms with Crippen LogP contribution >= 0.6 is 0 Å². The number of piperidine rings is 1. The molecule has 0 saturated carbocycles. The summed E-state index contributed by atoms with van der Waals surface area (Å²) in [5.74, 6) is 0.952. The molecule has 140 valence electrons. The van der Waals surface area contributed by atoms with Crippen LogP contribution in [0.25, 0.3) is 6.08 Å². The maximum Gasteiger partial charge on any atom is 0.232 e. The van der Waals surface area contributed by atoms with Gasteiger partial charge in [-0.3, -0.25) is 9.69 Å². The molecule has 0 spiro atoms. The van der Waals surface area contributed by atoms with Crippen LogP contribution in [0.15, 0.2) is 36.1 Å². The molecule has 1 N–H and O–H groups in total. The smallest absolute Gasteiger partial charge is 0.232 e. The number of aryl methyl sites for hydroxylation is 2. The molecule has 1 fully saturated rings. The Hall–Kier alpha value is -2.59. The van der Waals surface area contributed by atoms with Crippen molar-refractivity contribution in [1.29, 1.82) is 0 Å². The number of phenols is 1. The average molecular weight is 363 g/mol. The molecule has 2 heterocycles. The van der Waals surface area contributed by atoms with E-state index in [1.165, 1.54) is 24.8 Å². The van der Waals surface area contributed by atoms with Gasteiger partial charge in [0, 0.05) is 6.54 Å². The quantitative estimate of drug-likeness (QED) is 0.809. The molecule has 0 aromatic heterocycles. The van der Waals surface area contributed by atoms with Gasteiger partial charge >= 0.3 is 0 Å². The molecule has 27 heavy (non-hydrogen) atoms. The fourth-order valence-electron chi connectivity index (χ4n) is 3.89. The molecule has 0 atom stereocenters. The Morgan fingerprint density at radius 1 is 1.11 bits per heavy atom. The van der Waals surface area contributed by atoms with Gasteiger partial charge in [-0.1, -0.05) is 36.2 Å². The molecule has 0 amide bonds. The van der Waals surface area contributed by atoms with E-state index >= 15 is 0 Å². The van der Waals surface area contributed by atoms with E-state index in [1.807, 2.05) is 38.1 Å². The van der Waals surface area contributed by atoms with E-state index in [0.29, 0.717) is 23.6 Å². The number of rotatable bonds is 3. The minimum absolute atomic E-state index is 0.108. The first kappa shape index (κ1) is 17.8. The predicted molar refractivity (Wildman–Crippen MR) is 106 cm³/mol. The van der Waals surface area contributed by atoms with E-state index < -0.39 is 0 Å². The third-order valence-electron chi connectivity index (χ3n) is 5.43. The number of fused-ring (bicyclic) bond motifs is 1. The Bertz CT molecular complexity index is 906. The first-order valence-electron chi connectivity index (χ1n) is 9.61. The molecule has 0 radical (unpaired) electrons. The molecule has 0 bridgehead atoms. The van der Waals surface area contributed by atoms with Crippen molar-refractivity contribution in [1.82, 2.24) is 4.90 Å². The summed E-state index contributed by atoms with van der Waals surface area (Å²) in [5.41, 5.74) is 4.15. The van der Waals surface area contributed by atoms with Gasteiger partial charge in [0.15, 0.2) is 5.76 Å². The molecular weight excluding hydrogens is 338 g/mol. The minimum atomic E-state index is -0.108. The van der Waals surface area contributed by atoms with Crippen LogP contribution in [0.1, 0.15) is 51.9 Å². The van der Waals surface area contributed by atoms with E-state index in [-0.39, 0.29) is 11.5 Å². The lowest BCUT2D eigenvalue weighted by Crippen LogP contribution is -2.29. The summed E-state index contributed by atoms with van der Waals surface area (Å²) in [4.78, 5) is 15.3. The summed E-state index contributed by atoms with van der Waals surface area (Å²) >= 11 is 0. The molecule has 4 rings (SSSR count). The molecular formula is C23H25NO3. The maximum absolute atomic E-state index is 13.0. The molecule has 2 aromatic rings. The van der Waals surface area contributed by atoms with Gasteiger partial charge in [-0.15, -0.1) is 0 Å². The Labute approximate surface area is 160 Å². The number of hydrogen-bond donors (Lipinski definition) is 1. The average Bonchev–Trinajstić information content (AvgIpc) is 2.98. The number of likely N-dealkylation sites (tertiary alicyclic amines) is 1. The number of phenolic OH excluding ortho intramolecular Hbond substituents is 1. The summed E-state index contributed by atoms with van der Waals surface area (Å²) in [6, 6.07) is 9.66. The lowest BCUT2D eigenvalue weighted by atomic mass is 9.98. The molecule has 4 nitrogen and oxygen atoms in total. The van der Waals surface area contributed by atoms with Crippen molar-refractivity contribution in [2.24, 2.45) is 0 Å². The lowest BCUT2D eigenvalue weighted by molar-refractivity contribution is 0.101. The number of ether oxygens (including phenoxy) is 1. The second-order valence-corrected chi connectivity index (χ2v) is 7.58. The summed E-state index contributed by atoms with van der Waals surface area (Å²) < 4.78 is 6.01. The largest absolute Gasteiger partial charge is 0.507 e. The number of carbonyl (C=O) groups excluding carboxylic acids is 1. The topological polar surface area (TPSA) is 49.8 Å². The number of nitrogens with zero attached hydrogens (tertiary/aromatic N) is 1. The maximum atomic E-state index is 13.0. The number of hydrogen-bond acceptors (Lipinski definition) is 4. The summed E-state index contributed by atoms with van der Waals surface area (Å²) in [6.07, 6.45) is 5.39. The van der Waals surface area contributed by atoms with Crippen LogP contribution in [-0.2, 0) is 6.54 Å². The van der Waals surface area contributed by atoms with Crippen LogP contribution in [0.3, 0.4) is 0 Å². The first-order chi connectivity index (χ1) is 13.0. The Morgan fingerprint density at radius 2 is 1.81 bits per heavy atom. The van der Waals surface area contributed by atoms with Crippen molar-refractivity contribution in [2.45, 2.75) is 39.7 Å². The molecule has 1 saturated heterocycles. The fraction of sp³-hybridized carbons (Fsp3) is 0.348. The first-order valence-corrected chi connectivity index (χ1v) is 9.61. The SMILES string of the molecule is Cc1ccc(/C=C2\Oc3c(CN4CCCCC4)c(O)cc(C)c3C2=O)cc1. The van der Waals surface area contributed by atoms with E-state index in [4.69, 9.17) is 4.74 Å². The number of carbonyl (C=O) groups is 1. The van der Waals surface area contributed by atoms with Crippen LogP contribution in [0.4, 0.5) is 0 Å². The Balaban J connectivity index is 1.69. The number of aromatic hydroxyl groups is 1. The number of benzene rings is 2. The molecule has 0 aliphatic carbocycles. The van der Waals surface area contributed by atoms with E-state index in [9.17, 15) is 9.90 Å². The third-order valence-corrected chi connectivity index (χ3v) is 5.43. The van der Waals surface area contributed by atoms with E-state index in [1.54, 1.807) is 12.1 Å². The van der Waals surface area contributed by atoms with Gasteiger partial charge in [0.1, 0.15) is 11.5 Å². The summed E-state index contributed by atoms with van der Waals surface area (Å²) in [5, 5.41) is 10.5. The van der Waals surface area contributed by atoms with Crippen LogP contribution in [0, 0.1) is 13.8 Å². The van der Waals surface area contributed by atoms with Gasteiger partial charge in [-0.2, -0.15) is 0 Å². The highest BCUT2D eigenvalue weighted by atomic mass is 16.5. The van der Waals surface area contributed by atoms with Gasteiger partial charge in [0.2, 0.25) is 5.78 Å². The third kappa shape index (κ3) is 3.50. The second-order valence-electron chi connectivity index (χ2n) is 7.58. The van der Waals surface area contributed by atoms with Gasteiger partial charge in [0.25, 0.3) is 0 Å². The van der Waals surface area contributed by atoms with E-state index in [2.05, 4.69) is 4.90 Å². The summed E-state index contributed by atoms with van der Waals surface area (Å²) in [6.45, 7) is 6.52. The van der Waals surface area contributed by atoms with Crippen molar-refractivity contribution < 1.29 is 14.6 Å². The molecule has 2 aliphatic heterocycles. The predicted octanol–water partition coefficient (Wildman–Crippen LogP) is 4.61. The zero-order valence-corrected chi connectivity index (χ0v) is 15.9. The highest BCUT2D eigenvalue weighted by Gasteiger charge is 2.33. The fourth-order valence-corrected chi connectivity index (χ4v) is 3.89. The lowest BCUT2D eigenvalue weighted by Gasteiger charge is -2.27. The van der Waals surface area contributed by atoms with Crippen LogP contribution in [0.5, 0.6) is 11.5 Å². The zero-order chi connectivity index (χ0) is 19.0. The molecule has 0 unspecified atom stereocenters. The van der Waals surface area contributed by atoms with Crippen molar-refractivity contribution >= 4 is 11.9 Å². The molecule has 2 aliphatic rings. The Kier molecular flexibility index (Phi) is 4.75. The number of allylic oxidation sites excluding steroid dienone is 1. The van der Waals surface area contributed by atoms with Crippen molar-refractivity contribution in [2.75, 3.05) is 13.1 Å². The Morgan fingerprint density at radius 3 is 2.52 bits per heavy atom. The zero-order valence-electron chi connectivity index (χ0n) is 15.9. The van der Waals surface area contributed by atoms with Crippen molar-refractivity contribution in [3.8, 4) is 11.5 Å². The van der Waals surface area contributed by atoms with E-state index in [0.717, 1.165) is 29.8 Å².